The second kappa shape index (κ2) is 10.4. The maximum Gasteiger partial charge on any atom is 0.416 e. The number of halogens is 4. The zero-order valence-corrected chi connectivity index (χ0v) is 19.6. The average molecular weight is 519 g/mol. The molecule has 3 aromatic carbocycles. The van der Waals surface area contributed by atoms with Gasteiger partial charge in [0.1, 0.15) is 6.54 Å². The van der Waals surface area contributed by atoms with Crippen molar-refractivity contribution in [2.45, 2.75) is 12.7 Å². The minimum absolute atomic E-state index is 0.0413. The number of fused-ring (bicyclic) bond motifs is 1. The molecule has 4 aromatic rings. The molecule has 0 saturated heterocycles. The highest BCUT2D eigenvalue weighted by molar-refractivity contribution is 7.20. The van der Waals surface area contributed by atoms with Gasteiger partial charge in [0.05, 0.1) is 12.1 Å². The van der Waals surface area contributed by atoms with E-state index >= 15 is 0 Å². The fraction of sp³-hybridized carbons (Fsp3) is 0.120. The largest absolute Gasteiger partial charge is 0.416 e. The number of nitrogens with zero attached hydrogens (tertiary/aromatic N) is 1. The van der Waals surface area contributed by atoms with E-state index in [4.69, 9.17) is 16.3 Å². The van der Waals surface area contributed by atoms with E-state index in [0.717, 1.165) is 27.1 Å². The predicted molar refractivity (Wildman–Crippen MR) is 130 cm³/mol. The highest BCUT2D eigenvalue weighted by Gasteiger charge is 2.30. The normalized spacial score (nSPS) is 11.3. The monoisotopic (exact) mass is 518 g/mol. The molecule has 0 fully saturated rings. The molecule has 0 saturated carbocycles. The Kier molecular flexibility index (Phi) is 7.28. The molecule has 5 nitrogen and oxygen atoms in total. The van der Waals surface area contributed by atoms with Gasteiger partial charge in [0.15, 0.2) is 5.06 Å². The summed E-state index contributed by atoms with van der Waals surface area (Å²) in [5, 5.41) is 4.05. The SMILES string of the molecule is O=C(CN(Cc1ccccc1Cl)C(=O)Oc1cc2ccccc2s1)Nc1cccc(C(F)(F)F)c1. The Bertz CT molecular complexity index is 1340. The van der Waals surface area contributed by atoms with Crippen LogP contribution in [0.2, 0.25) is 5.02 Å². The molecule has 0 aliphatic carbocycles. The van der Waals surface area contributed by atoms with Crippen LogP contribution in [-0.2, 0) is 17.5 Å². The third-order valence-corrected chi connectivity index (χ3v) is 6.34. The fourth-order valence-corrected chi connectivity index (χ4v) is 4.43. The first-order valence-electron chi connectivity index (χ1n) is 10.3. The Morgan fingerprint density at radius 3 is 2.46 bits per heavy atom. The van der Waals surface area contributed by atoms with E-state index < -0.39 is 30.3 Å². The highest BCUT2D eigenvalue weighted by atomic mass is 35.5. The number of ether oxygens (including phenoxy) is 1. The molecule has 4 rings (SSSR count). The van der Waals surface area contributed by atoms with Crippen molar-refractivity contribution in [2.24, 2.45) is 0 Å². The standard InChI is InChI=1S/C25H18ClF3N2O3S/c26-20-10-3-1-7-17(20)14-31(24(33)34-23-12-16-6-2-4-11-21(16)35-23)15-22(32)30-19-9-5-8-18(13-19)25(27,28)29/h1-13H,14-15H2,(H,30,32). The number of anilines is 1. The van der Waals surface area contributed by atoms with Crippen molar-refractivity contribution in [2.75, 3.05) is 11.9 Å². The molecule has 35 heavy (non-hydrogen) atoms. The number of carbonyl (C=O) groups is 2. The molecule has 0 radical (unpaired) electrons. The first kappa shape index (κ1) is 24.6. The lowest BCUT2D eigenvalue weighted by atomic mass is 10.2. The first-order valence-corrected chi connectivity index (χ1v) is 11.5. The summed E-state index contributed by atoms with van der Waals surface area (Å²) in [5.74, 6) is -0.690. The van der Waals surface area contributed by atoms with E-state index in [1.807, 2.05) is 24.3 Å². The lowest BCUT2D eigenvalue weighted by molar-refractivity contribution is -0.137. The molecule has 2 amide bonds. The van der Waals surface area contributed by atoms with E-state index in [2.05, 4.69) is 5.32 Å². The van der Waals surface area contributed by atoms with Crippen molar-refractivity contribution in [3.8, 4) is 5.06 Å². The zero-order chi connectivity index (χ0) is 25.0. The van der Waals surface area contributed by atoms with Crippen LogP contribution in [0.25, 0.3) is 10.1 Å². The second-order valence-corrected chi connectivity index (χ2v) is 9.00. The minimum Gasteiger partial charge on any atom is -0.399 e. The average Bonchev–Trinajstić information content (AvgIpc) is 3.22. The number of hydrogen-bond donors (Lipinski definition) is 1. The van der Waals surface area contributed by atoms with Crippen molar-refractivity contribution in [3.05, 3.63) is 95.0 Å². The van der Waals surface area contributed by atoms with Crippen molar-refractivity contribution in [1.82, 2.24) is 4.90 Å². The summed E-state index contributed by atoms with van der Waals surface area (Å²) < 4.78 is 45.4. The van der Waals surface area contributed by atoms with Gasteiger partial charge in [-0.1, -0.05) is 65.4 Å². The molecule has 180 valence electrons. The smallest absolute Gasteiger partial charge is 0.399 e. The Hall–Kier alpha value is -3.56. The molecule has 0 unspecified atom stereocenters. The number of carbonyl (C=O) groups excluding carboxylic acids is 2. The van der Waals surface area contributed by atoms with Crippen molar-refractivity contribution in [1.29, 1.82) is 0 Å². The summed E-state index contributed by atoms with van der Waals surface area (Å²) in [6, 6.07) is 20.3. The van der Waals surface area contributed by atoms with Crippen LogP contribution in [-0.4, -0.2) is 23.4 Å². The van der Waals surface area contributed by atoms with Gasteiger partial charge in [0.2, 0.25) is 5.91 Å². The van der Waals surface area contributed by atoms with Crippen LogP contribution < -0.4 is 10.1 Å². The van der Waals surface area contributed by atoms with E-state index in [1.165, 1.54) is 23.5 Å². The summed E-state index contributed by atoms with van der Waals surface area (Å²) in [6.07, 6.45) is -5.35. The maximum absolute atomic E-state index is 13.0. The van der Waals surface area contributed by atoms with Gasteiger partial charge in [-0.25, -0.2) is 4.79 Å². The van der Waals surface area contributed by atoms with Gasteiger partial charge in [0, 0.05) is 21.5 Å². The molecule has 10 heteroatoms. The number of thiophene rings is 1. The summed E-state index contributed by atoms with van der Waals surface area (Å²) in [7, 11) is 0. The van der Waals surface area contributed by atoms with Crippen molar-refractivity contribution < 1.29 is 27.5 Å². The van der Waals surface area contributed by atoms with Crippen LogP contribution >= 0.6 is 22.9 Å². The first-order chi connectivity index (χ1) is 16.7. The molecule has 1 heterocycles. The Labute approximate surface area is 207 Å². The van der Waals surface area contributed by atoms with Gasteiger partial charge in [-0.05, 0) is 41.3 Å². The molecular formula is C25H18ClF3N2O3S. The fourth-order valence-electron chi connectivity index (χ4n) is 3.32. The topological polar surface area (TPSA) is 58.6 Å². The number of nitrogens with one attached hydrogen (secondary N) is 1. The van der Waals surface area contributed by atoms with Gasteiger partial charge in [0.25, 0.3) is 0 Å². The summed E-state index contributed by atoms with van der Waals surface area (Å²) >= 11 is 7.50. The molecular weight excluding hydrogens is 501 g/mol. The number of rotatable bonds is 6. The van der Waals surface area contributed by atoms with Crippen molar-refractivity contribution in [3.63, 3.8) is 0 Å². The van der Waals surface area contributed by atoms with E-state index in [1.54, 1.807) is 30.3 Å². The molecule has 0 aliphatic rings. The lowest BCUT2D eigenvalue weighted by Crippen LogP contribution is -2.39. The predicted octanol–water partition coefficient (Wildman–Crippen LogP) is 7.21. The van der Waals surface area contributed by atoms with Crippen LogP contribution in [0.5, 0.6) is 5.06 Å². The molecule has 0 atom stereocenters. The number of benzene rings is 3. The summed E-state index contributed by atoms with van der Waals surface area (Å²) in [6.45, 7) is -0.509. The van der Waals surface area contributed by atoms with Gasteiger partial charge in [-0.3, -0.25) is 9.69 Å². The van der Waals surface area contributed by atoms with E-state index in [-0.39, 0.29) is 12.2 Å². The van der Waals surface area contributed by atoms with Crippen molar-refractivity contribution >= 4 is 50.7 Å². The Morgan fingerprint density at radius 1 is 0.971 bits per heavy atom. The molecule has 0 spiro atoms. The van der Waals surface area contributed by atoms with E-state index in [9.17, 15) is 22.8 Å². The molecule has 0 bridgehead atoms. The zero-order valence-electron chi connectivity index (χ0n) is 18.0. The van der Waals surface area contributed by atoms with Crippen LogP contribution in [0.3, 0.4) is 0 Å². The van der Waals surface area contributed by atoms with Gasteiger partial charge in [-0.15, -0.1) is 0 Å². The van der Waals surface area contributed by atoms with Crippen LogP contribution in [0.15, 0.2) is 78.9 Å². The third kappa shape index (κ3) is 6.32. The highest BCUT2D eigenvalue weighted by Crippen LogP contribution is 2.32. The van der Waals surface area contributed by atoms with Crippen LogP contribution in [0.4, 0.5) is 23.7 Å². The van der Waals surface area contributed by atoms with Gasteiger partial charge >= 0.3 is 12.3 Å². The third-order valence-electron chi connectivity index (χ3n) is 4.98. The molecule has 1 N–H and O–H groups in total. The van der Waals surface area contributed by atoms with Crippen LogP contribution in [0, 0.1) is 0 Å². The number of amides is 2. The Morgan fingerprint density at radius 2 is 1.71 bits per heavy atom. The summed E-state index contributed by atoms with van der Waals surface area (Å²) in [4.78, 5) is 26.8. The quantitative estimate of drug-likeness (QED) is 0.293. The molecule has 0 aliphatic heterocycles. The second-order valence-electron chi connectivity index (χ2n) is 7.55. The van der Waals surface area contributed by atoms with Crippen LogP contribution in [0.1, 0.15) is 11.1 Å². The Balaban J connectivity index is 1.52. The number of alkyl halides is 3. The van der Waals surface area contributed by atoms with Gasteiger partial charge in [-0.2, -0.15) is 13.2 Å². The van der Waals surface area contributed by atoms with Gasteiger partial charge < -0.3 is 10.1 Å². The minimum atomic E-state index is -4.55. The van der Waals surface area contributed by atoms with E-state index in [0.29, 0.717) is 15.6 Å². The number of hydrogen-bond acceptors (Lipinski definition) is 4. The maximum atomic E-state index is 13.0. The summed E-state index contributed by atoms with van der Waals surface area (Å²) in [5.41, 5.74) is -0.359. The lowest BCUT2D eigenvalue weighted by Gasteiger charge is -2.22. The molecule has 1 aromatic heterocycles.